The van der Waals surface area contributed by atoms with Crippen molar-refractivity contribution < 1.29 is 4.21 Å². The molecule has 0 aliphatic carbocycles. The number of fused-ring (bicyclic) bond motifs is 1. The third kappa shape index (κ3) is 1.30. The van der Waals surface area contributed by atoms with Gasteiger partial charge in [0.05, 0.1) is 11.6 Å². The van der Waals surface area contributed by atoms with Crippen molar-refractivity contribution in [2.45, 2.75) is 5.75 Å². The largest absolute Gasteiger partial charge is 0.399 e. The average Bonchev–Trinajstić information content (AvgIpc) is 2.03. The lowest BCUT2D eigenvalue weighted by molar-refractivity contribution is 0.683. The van der Waals surface area contributed by atoms with E-state index in [4.69, 9.17) is 5.73 Å². The van der Waals surface area contributed by atoms with Crippen LogP contribution in [-0.2, 0) is 16.6 Å². The second kappa shape index (κ2) is 2.79. The van der Waals surface area contributed by atoms with Gasteiger partial charge in [-0.25, -0.2) is 0 Å². The molecule has 0 saturated carbocycles. The fraction of sp³-hybridized carbons (Fsp3) is 0.250. The Morgan fingerprint density at radius 3 is 3.17 bits per heavy atom. The second-order valence-corrected chi connectivity index (χ2v) is 4.28. The van der Waals surface area contributed by atoms with Gasteiger partial charge in [-0.2, -0.15) is 0 Å². The highest BCUT2D eigenvalue weighted by atomic mass is 32.2. The van der Waals surface area contributed by atoms with E-state index in [-0.39, 0.29) is 0 Å². The van der Waals surface area contributed by atoms with Crippen LogP contribution in [0, 0.1) is 0 Å². The van der Waals surface area contributed by atoms with Crippen LogP contribution in [0.2, 0.25) is 0 Å². The Labute approximate surface area is 73.4 Å². The molecule has 0 radical (unpaired) electrons. The third-order valence-corrected chi connectivity index (χ3v) is 2.97. The van der Waals surface area contributed by atoms with Crippen LogP contribution in [0.15, 0.2) is 18.2 Å². The summed E-state index contributed by atoms with van der Waals surface area (Å²) in [6.07, 6.45) is 0. The number of rotatable bonds is 0. The molecule has 0 bridgehead atoms. The van der Waals surface area contributed by atoms with Crippen LogP contribution in [0.1, 0.15) is 5.56 Å². The molecule has 1 unspecified atom stereocenters. The monoisotopic (exact) mass is 182 g/mol. The molecule has 0 fully saturated rings. The number of hydrogen-bond donors (Lipinski definition) is 2. The molecule has 0 amide bonds. The van der Waals surface area contributed by atoms with Gasteiger partial charge in [-0.15, -0.1) is 0 Å². The third-order valence-electron chi connectivity index (χ3n) is 1.87. The van der Waals surface area contributed by atoms with Crippen LogP contribution < -0.4 is 11.1 Å². The van der Waals surface area contributed by atoms with Gasteiger partial charge in [-0.1, -0.05) is 0 Å². The lowest BCUT2D eigenvalue weighted by atomic mass is 10.2. The lowest BCUT2D eigenvalue weighted by Crippen LogP contribution is -2.17. The Bertz CT molecular complexity index is 338. The van der Waals surface area contributed by atoms with E-state index < -0.39 is 10.8 Å². The molecule has 3 nitrogen and oxygen atoms in total. The molecular formula is C8H10N2OS. The van der Waals surface area contributed by atoms with Crippen LogP contribution in [-0.4, -0.2) is 10.1 Å². The first-order valence-electron chi connectivity index (χ1n) is 3.73. The minimum Gasteiger partial charge on any atom is -0.399 e. The molecule has 2 rings (SSSR count). The van der Waals surface area contributed by atoms with Gasteiger partial charge in [-0.3, -0.25) is 4.21 Å². The number of nitrogens with two attached hydrogens (primary N) is 1. The Morgan fingerprint density at radius 2 is 2.33 bits per heavy atom. The summed E-state index contributed by atoms with van der Waals surface area (Å²) in [7, 11) is -0.777. The maximum absolute atomic E-state index is 11.1. The summed E-state index contributed by atoms with van der Waals surface area (Å²) in [6.45, 7) is 0. The van der Waals surface area contributed by atoms with Crippen LogP contribution >= 0.6 is 0 Å². The molecule has 12 heavy (non-hydrogen) atoms. The Hall–Kier alpha value is -1.03. The van der Waals surface area contributed by atoms with E-state index in [1.807, 2.05) is 18.2 Å². The molecule has 1 aliphatic rings. The van der Waals surface area contributed by atoms with Gasteiger partial charge in [0.2, 0.25) is 0 Å². The van der Waals surface area contributed by atoms with Gasteiger partial charge >= 0.3 is 0 Å². The summed E-state index contributed by atoms with van der Waals surface area (Å²) in [6, 6.07) is 5.65. The number of nitrogens with one attached hydrogen (secondary N) is 1. The summed E-state index contributed by atoms with van der Waals surface area (Å²) in [4.78, 5) is 0. The van der Waals surface area contributed by atoms with E-state index in [1.54, 1.807) is 0 Å². The van der Waals surface area contributed by atoms with Gasteiger partial charge in [0.15, 0.2) is 0 Å². The van der Waals surface area contributed by atoms with Crippen molar-refractivity contribution in [1.82, 2.24) is 0 Å². The van der Waals surface area contributed by atoms with Crippen molar-refractivity contribution in [2.75, 3.05) is 16.9 Å². The first-order chi connectivity index (χ1) is 5.75. The van der Waals surface area contributed by atoms with Crippen molar-refractivity contribution in [1.29, 1.82) is 0 Å². The van der Waals surface area contributed by atoms with E-state index >= 15 is 0 Å². The summed E-state index contributed by atoms with van der Waals surface area (Å²) in [5, 5.41) is 3.08. The SMILES string of the molecule is Nc1ccc2c(c1)CS(=O)CN2. The van der Waals surface area contributed by atoms with Gasteiger partial charge in [0, 0.05) is 22.2 Å². The molecule has 1 aromatic carbocycles. The number of hydrogen-bond acceptors (Lipinski definition) is 3. The molecule has 0 aromatic heterocycles. The maximum atomic E-state index is 11.1. The van der Waals surface area contributed by atoms with E-state index in [0.717, 1.165) is 16.9 Å². The molecule has 1 heterocycles. The average molecular weight is 182 g/mol. The van der Waals surface area contributed by atoms with Crippen LogP contribution in [0.5, 0.6) is 0 Å². The van der Waals surface area contributed by atoms with Gasteiger partial charge in [0.25, 0.3) is 0 Å². The molecule has 1 atom stereocenters. The minimum atomic E-state index is -0.777. The Morgan fingerprint density at radius 1 is 1.50 bits per heavy atom. The van der Waals surface area contributed by atoms with Crippen molar-refractivity contribution in [3.05, 3.63) is 23.8 Å². The highest BCUT2D eigenvalue weighted by Crippen LogP contribution is 2.23. The molecule has 64 valence electrons. The predicted molar refractivity (Wildman–Crippen MR) is 51.2 cm³/mol. The zero-order valence-corrected chi connectivity index (χ0v) is 7.36. The number of nitrogen functional groups attached to an aromatic ring is 1. The van der Waals surface area contributed by atoms with Gasteiger partial charge in [0.1, 0.15) is 0 Å². The highest BCUT2D eigenvalue weighted by Gasteiger charge is 2.12. The molecule has 0 saturated heterocycles. The zero-order valence-electron chi connectivity index (χ0n) is 6.54. The summed E-state index contributed by atoms with van der Waals surface area (Å²) >= 11 is 0. The van der Waals surface area contributed by atoms with E-state index in [2.05, 4.69) is 5.32 Å². The summed E-state index contributed by atoms with van der Waals surface area (Å²) < 4.78 is 11.1. The Kier molecular flexibility index (Phi) is 1.77. The molecule has 1 aromatic rings. The van der Waals surface area contributed by atoms with Crippen LogP contribution in [0.4, 0.5) is 11.4 Å². The smallest absolute Gasteiger partial charge is 0.0914 e. The van der Waals surface area contributed by atoms with Gasteiger partial charge in [-0.05, 0) is 23.8 Å². The van der Waals surface area contributed by atoms with E-state index in [9.17, 15) is 4.21 Å². The minimum absolute atomic E-state index is 0.552. The van der Waals surface area contributed by atoms with E-state index in [1.165, 1.54) is 0 Å². The summed E-state index contributed by atoms with van der Waals surface area (Å²) in [5.74, 6) is 1.17. The maximum Gasteiger partial charge on any atom is 0.0914 e. The number of benzene rings is 1. The second-order valence-electron chi connectivity index (χ2n) is 2.82. The van der Waals surface area contributed by atoms with Crippen molar-refractivity contribution >= 4 is 22.2 Å². The zero-order chi connectivity index (χ0) is 8.55. The number of anilines is 2. The summed E-state index contributed by atoms with van der Waals surface area (Å²) in [5.41, 5.74) is 8.45. The fourth-order valence-electron chi connectivity index (χ4n) is 1.29. The molecule has 3 N–H and O–H groups in total. The normalized spacial score (nSPS) is 21.2. The van der Waals surface area contributed by atoms with Crippen LogP contribution in [0.3, 0.4) is 0 Å². The molecule has 0 spiro atoms. The first-order valence-corrected chi connectivity index (χ1v) is 5.22. The topological polar surface area (TPSA) is 55.1 Å². The van der Waals surface area contributed by atoms with Gasteiger partial charge < -0.3 is 11.1 Å². The van der Waals surface area contributed by atoms with Crippen molar-refractivity contribution in [3.63, 3.8) is 0 Å². The Balaban J connectivity index is 2.44. The first kappa shape index (κ1) is 7.61. The lowest BCUT2D eigenvalue weighted by Gasteiger charge is -2.17. The van der Waals surface area contributed by atoms with E-state index in [0.29, 0.717) is 11.6 Å². The van der Waals surface area contributed by atoms with Crippen molar-refractivity contribution in [3.8, 4) is 0 Å². The molecular weight excluding hydrogens is 172 g/mol. The standard InChI is InChI=1S/C8H10N2OS/c9-7-1-2-8-6(3-7)4-12(11)5-10-8/h1-3,10H,4-5,9H2. The highest BCUT2D eigenvalue weighted by molar-refractivity contribution is 7.84. The van der Waals surface area contributed by atoms with Crippen molar-refractivity contribution in [2.24, 2.45) is 0 Å². The fourth-order valence-corrected chi connectivity index (χ4v) is 2.29. The predicted octanol–water partition coefficient (Wildman–Crippen LogP) is 0.901. The molecule has 1 aliphatic heterocycles. The quantitative estimate of drug-likeness (QED) is 0.586. The van der Waals surface area contributed by atoms with Crippen LogP contribution in [0.25, 0.3) is 0 Å². The molecule has 4 heteroatoms.